The van der Waals surface area contributed by atoms with Crippen LogP contribution in [-0.2, 0) is 16.3 Å². The predicted octanol–water partition coefficient (Wildman–Crippen LogP) is 3.64. The van der Waals surface area contributed by atoms with Crippen molar-refractivity contribution in [1.29, 1.82) is 0 Å². The van der Waals surface area contributed by atoms with Crippen molar-refractivity contribution in [2.45, 2.75) is 15.5 Å². The summed E-state index contributed by atoms with van der Waals surface area (Å²) in [5.41, 5.74) is 0.198. The number of hydrogen-bond acceptors (Lipinski definition) is 6. The van der Waals surface area contributed by atoms with Crippen LogP contribution in [-0.4, -0.2) is 36.1 Å². The number of rotatable bonds is 6. The van der Waals surface area contributed by atoms with Gasteiger partial charge < -0.3 is 10.4 Å². The van der Waals surface area contributed by atoms with Crippen LogP contribution >= 0.6 is 22.9 Å². The Hall–Kier alpha value is -2.56. The fourth-order valence-electron chi connectivity index (χ4n) is 2.47. The zero-order chi connectivity index (χ0) is 20.3. The summed E-state index contributed by atoms with van der Waals surface area (Å²) in [7, 11) is -4.01. The van der Waals surface area contributed by atoms with Crippen LogP contribution in [0.1, 0.15) is 4.88 Å². The van der Waals surface area contributed by atoms with Crippen molar-refractivity contribution in [3.05, 3.63) is 58.7 Å². The Morgan fingerprint density at radius 1 is 1.21 bits per heavy atom. The van der Waals surface area contributed by atoms with Crippen molar-refractivity contribution in [2.75, 3.05) is 6.54 Å². The van der Waals surface area contributed by atoms with E-state index in [9.17, 15) is 17.6 Å². The van der Waals surface area contributed by atoms with E-state index in [4.69, 9.17) is 16.7 Å². The molecular formula is C17H13ClFN3O4S2. The summed E-state index contributed by atoms with van der Waals surface area (Å²) in [5.74, 6) is -0.806. The van der Waals surface area contributed by atoms with Crippen molar-refractivity contribution in [3.8, 4) is 11.1 Å². The highest BCUT2D eigenvalue weighted by atomic mass is 35.5. The van der Waals surface area contributed by atoms with Crippen molar-refractivity contribution in [3.63, 3.8) is 0 Å². The molecule has 3 aromatic rings. The number of thiophene rings is 1. The molecule has 0 saturated carbocycles. The first-order valence-corrected chi connectivity index (χ1v) is 10.5. The molecule has 0 fully saturated rings. The van der Waals surface area contributed by atoms with Gasteiger partial charge in [-0.15, -0.1) is 11.3 Å². The average molecular weight is 442 g/mol. The third kappa shape index (κ3) is 4.29. The van der Waals surface area contributed by atoms with E-state index in [-0.39, 0.29) is 38.4 Å². The first kappa shape index (κ1) is 20.2. The minimum Gasteiger partial charge on any atom is -0.465 e. The third-order valence-electron chi connectivity index (χ3n) is 3.70. The Morgan fingerprint density at radius 3 is 2.68 bits per heavy atom. The molecule has 0 saturated heterocycles. The first-order chi connectivity index (χ1) is 13.3. The fraction of sp³-hybridized carbons (Fsp3) is 0.118. The number of sulfone groups is 1. The maximum Gasteiger partial charge on any atom is 0.404 e. The second kappa shape index (κ2) is 8.21. The van der Waals surface area contributed by atoms with Crippen LogP contribution in [0.25, 0.3) is 11.1 Å². The topological polar surface area (TPSA) is 109 Å². The maximum absolute atomic E-state index is 14.3. The van der Waals surface area contributed by atoms with Gasteiger partial charge in [0.05, 0.1) is 4.90 Å². The lowest BCUT2D eigenvalue weighted by Gasteiger charge is -2.06. The largest absolute Gasteiger partial charge is 0.465 e. The summed E-state index contributed by atoms with van der Waals surface area (Å²) in [6.45, 7) is 0.0887. The molecule has 3 aromatic heterocycles. The number of aromatic nitrogens is 2. The Kier molecular flexibility index (Phi) is 5.92. The number of amides is 1. The monoisotopic (exact) mass is 441 g/mol. The second-order valence-corrected chi connectivity index (χ2v) is 9.22. The Labute approximate surface area is 168 Å². The van der Waals surface area contributed by atoms with Gasteiger partial charge in [-0.05, 0) is 36.8 Å². The summed E-state index contributed by atoms with van der Waals surface area (Å²) in [5, 5.41) is 10.9. The first-order valence-electron chi connectivity index (χ1n) is 7.86. The number of halogens is 2. The molecule has 0 spiro atoms. The van der Waals surface area contributed by atoms with Gasteiger partial charge in [0.2, 0.25) is 15.8 Å². The SMILES string of the molecule is O=C(O)NCCc1cc(-c2cccnc2F)c(S(=O)(=O)c2ccnc(Cl)c2)s1. The molecule has 0 atom stereocenters. The highest BCUT2D eigenvalue weighted by Gasteiger charge is 2.27. The van der Waals surface area contributed by atoms with Crippen LogP contribution in [0.4, 0.5) is 9.18 Å². The number of nitrogens with one attached hydrogen (secondary N) is 1. The molecule has 0 unspecified atom stereocenters. The molecule has 2 N–H and O–H groups in total. The molecule has 0 bridgehead atoms. The molecule has 0 radical (unpaired) electrons. The minimum atomic E-state index is -4.01. The van der Waals surface area contributed by atoms with E-state index in [1.54, 1.807) is 0 Å². The molecule has 0 aromatic carbocycles. The summed E-state index contributed by atoms with van der Waals surface area (Å²) in [6.07, 6.45) is 1.59. The average Bonchev–Trinajstić information content (AvgIpc) is 3.06. The Balaban J connectivity index is 2.11. The zero-order valence-electron chi connectivity index (χ0n) is 14.1. The summed E-state index contributed by atoms with van der Waals surface area (Å²) >= 11 is 6.76. The number of pyridine rings is 2. The summed E-state index contributed by atoms with van der Waals surface area (Å²) < 4.78 is 40.5. The molecule has 7 nitrogen and oxygen atoms in total. The highest BCUT2D eigenvalue weighted by Crippen LogP contribution is 2.39. The molecule has 11 heteroatoms. The van der Waals surface area contributed by atoms with Gasteiger partial charge in [0.1, 0.15) is 9.36 Å². The lowest BCUT2D eigenvalue weighted by Crippen LogP contribution is -2.22. The van der Waals surface area contributed by atoms with Gasteiger partial charge in [-0.3, -0.25) is 0 Å². The van der Waals surface area contributed by atoms with E-state index in [1.165, 1.54) is 42.7 Å². The third-order valence-corrected chi connectivity index (χ3v) is 7.39. The molecule has 0 aliphatic rings. The smallest absolute Gasteiger partial charge is 0.404 e. The zero-order valence-corrected chi connectivity index (χ0v) is 16.5. The van der Waals surface area contributed by atoms with Gasteiger partial charge in [0.25, 0.3) is 0 Å². The predicted molar refractivity (Wildman–Crippen MR) is 102 cm³/mol. The molecule has 0 aliphatic carbocycles. The van der Waals surface area contributed by atoms with Gasteiger partial charge in [-0.2, -0.15) is 4.39 Å². The van der Waals surface area contributed by atoms with Crippen LogP contribution in [0.5, 0.6) is 0 Å². The molecule has 3 heterocycles. The van der Waals surface area contributed by atoms with E-state index < -0.39 is 21.9 Å². The lowest BCUT2D eigenvalue weighted by molar-refractivity contribution is 0.194. The van der Waals surface area contributed by atoms with Crippen molar-refractivity contribution in [2.24, 2.45) is 0 Å². The standard InChI is InChI=1S/C17H13ClFN3O4S2/c18-14-9-11(4-7-20-14)28(25,26)16-13(12-2-1-5-21-15(12)19)8-10(27-16)3-6-22-17(23)24/h1-2,4-5,7-9,22H,3,6H2,(H,23,24). The molecule has 1 amide bonds. The van der Waals surface area contributed by atoms with Crippen LogP contribution < -0.4 is 5.32 Å². The molecule has 146 valence electrons. The Bertz CT molecular complexity index is 1130. The maximum atomic E-state index is 14.3. The number of hydrogen-bond donors (Lipinski definition) is 2. The van der Waals surface area contributed by atoms with E-state index >= 15 is 0 Å². The minimum absolute atomic E-state index is 0.0117. The van der Waals surface area contributed by atoms with Crippen LogP contribution in [0.3, 0.4) is 0 Å². The Morgan fingerprint density at radius 2 is 2.00 bits per heavy atom. The normalized spacial score (nSPS) is 11.4. The summed E-state index contributed by atoms with van der Waals surface area (Å²) in [4.78, 5) is 18.5. The second-order valence-electron chi connectivity index (χ2n) is 5.56. The van der Waals surface area contributed by atoms with Gasteiger partial charge in [0, 0.05) is 34.9 Å². The molecule has 3 rings (SSSR count). The number of nitrogens with zero attached hydrogens (tertiary/aromatic N) is 2. The van der Waals surface area contributed by atoms with Gasteiger partial charge in [-0.25, -0.2) is 23.2 Å². The number of carboxylic acid groups (broad SMARTS) is 1. The highest BCUT2D eigenvalue weighted by molar-refractivity contribution is 7.93. The van der Waals surface area contributed by atoms with Crippen LogP contribution in [0.15, 0.2) is 51.8 Å². The van der Waals surface area contributed by atoms with E-state index in [2.05, 4.69) is 15.3 Å². The van der Waals surface area contributed by atoms with Gasteiger partial charge in [0.15, 0.2) is 0 Å². The van der Waals surface area contributed by atoms with Crippen LogP contribution in [0.2, 0.25) is 5.15 Å². The van der Waals surface area contributed by atoms with Gasteiger partial charge >= 0.3 is 6.09 Å². The number of carbonyl (C=O) groups is 1. The van der Waals surface area contributed by atoms with Gasteiger partial charge in [-0.1, -0.05) is 11.6 Å². The van der Waals surface area contributed by atoms with E-state index in [1.807, 2.05) is 0 Å². The molecular weight excluding hydrogens is 429 g/mol. The summed E-state index contributed by atoms with van der Waals surface area (Å²) in [6, 6.07) is 6.98. The van der Waals surface area contributed by atoms with Crippen LogP contribution in [0, 0.1) is 5.95 Å². The fourth-order valence-corrected chi connectivity index (χ4v) is 5.84. The van der Waals surface area contributed by atoms with Crippen molar-refractivity contribution in [1.82, 2.24) is 15.3 Å². The molecule has 0 aliphatic heterocycles. The molecule has 28 heavy (non-hydrogen) atoms. The van der Waals surface area contributed by atoms with Crippen molar-refractivity contribution >= 4 is 38.9 Å². The lowest BCUT2D eigenvalue weighted by atomic mass is 10.1. The van der Waals surface area contributed by atoms with Crippen molar-refractivity contribution < 1.29 is 22.7 Å². The van der Waals surface area contributed by atoms with E-state index in [0.717, 1.165) is 11.3 Å². The van der Waals surface area contributed by atoms with E-state index in [0.29, 0.717) is 4.88 Å². The quantitative estimate of drug-likeness (QED) is 0.565.